The molecule has 0 aliphatic carbocycles. The van der Waals surface area contributed by atoms with Gasteiger partial charge in [0.2, 0.25) is 0 Å². The summed E-state index contributed by atoms with van der Waals surface area (Å²) >= 11 is 0. The van der Waals surface area contributed by atoms with Gasteiger partial charge < -0.3 is 15.0 Å². The Labute approximate surface area is 178 Å². The Hall–Kier alpha value is -2.66. The largest absolute Gasteiger partial charge is 0.482 e. The highest BCUT2D eigenvalue weighted by molar-refractivity contribution is 5.95. The van der Waals surface area contributed by atoms with E-state index in [2.05, 4.69) is 11.9 Å². The lowest BCUT2D eigenvalue weighted by Gasteiger charge is -2.41. The molecule has 0 aromatic heterocycles. The maximum absolute atomic E-state index is 15.2. The first-order valence-electron chi connectivity index (χ1n) is 10.7. The van der Waals surface area contributed by atoms with E-state index in [1.807, 2.05) is 45.1 Å². The highest BCUT2D eigenvalue weighted by Gasteiger charge is 2.38. The number of benzene rings is 1. The van der Waals surface area contributed by atoms with E-state index < -0.39 is 11.4 Å². The van der Waals surface area contributed by atoms with E-state index in [0.29, 0.717) is 35.5 Å². The van der Waals surface area contributed by atoms with Crippen LogP contribution in [0, 0.1) is 5.82 Å². The number of carbonyl (C=O) groups is 1. The summed E-state index contributed by atoms with van der Waals surface area (Å²) in [6.07, 6.45) is 9.34. The van der Waals surface area contributed by atoms with Gasteiger partial charge in [-0.05, 0) is 63.7 Å². The third-order valence-electron chi connectivity index (χ3n) is 5.79. The van der Waals surface area contributed by atoms with Gasteiger partial charge in [0.05, 0.1) is 0 Å². The van der Waals surface area contributed by atoms with Crippen molar-refractivity contribution in [1.82, 2.24) is 10.2 Å². The van der Waals surface area contributed by atoms with Gasteiger partial charge in [0, 0.05) is 42.6 Å². The van der Waals surface area contributed by atoms with Crippen LogP contribution >= 0.6 is 0 Å². The van der Waals surface area contributed by atoms with Crippen LogP contribution in [0.2, 0.25) is 0 Å². The van der Waals surface area contributed by atoms with Crippen LogP contribution in [0.15, 0.2) is 60.4 Å². The second-order valence-electron chi connectivity index (χ2n) is 7.68. The first-order valence-corrected chi connectivity index (χ1v) is 10.7. The lowest BCUT2D eigenvalue weighted by atomic mass is 9.82. The number of rotatable bonds is 5. The monoisotopic (exact) mass is 410 g/mol. The van der Waals surface area contributed by atoms with Crippen LogP contribution in [0.25, 0.3) is 5.57 Å². The Balaban J connectivity index is 2.03. The Bertz CT molecular complexity index is 904. The predicted molar refractivity (Wildman–Crippen MR) is 120 cm³/mol. The van der Waals surface area contributed by atoms with E-state index in [1.54, 1.807) is 17.0 Å². The molecule has 4 nitrogen and oxygen atoms in total. The normalized spacial score (nSPS) is 19.8. The Morgan fingerprint density at radius 3 is 2.60 bits per heavy atom. The molecule has 0 saturated carbocycles. The zero-order chi connectivity index (χ0) is 21.7. The molecule has 1 aromatic rings. The molecule has 2 aliphatic rings. The van der Waals surface area contributed by atoms with E-state index in [1.165, 1.54) is 6.07 Å². The molecule has 0 atom stereocenters. The fraction of sp³-hybridized carbons (Fsp3) is 0.400. The van der Waals surface area contributed by atoms with E-state index in [4.69, 9.17) is 4.74 Å². The number of amides is 1. The second kappa shape index (κ2) is 9.43. The number of hydrogen-bond acceptors (Lipinski definition) is 3. The topological polar surface area (TPSA) is 41.6 Å². The summed E-state index contributed by atoms with van der Waals surface area (Å²) in [5.41, 5.74) is 1.72. The number of allylic oxidation sites excluding steroid dienone is 4. The maximum Gasteiger partial charge on any atom is 0.253 e. The first kappa shape index (κ1) is 22.0. The molecule has 2 aliphatic heterocycles. The zero-order valence-electron chi connectivity index (χ0n) is 18.1. The van der Waals surface area contributed by atoms with Crippen LogP contribution in [0.4, 0.5) is 4.39 Å². The third kappa shape index (κ3) is 4.41. The van der Waals surface area contributed by atoms with E-state index in [0.717, 1.165) is 31.5 Å². The number of piperidine rings is 1. The quantitative estimate of drug-likeness (QED) is 0.754. The lowest BCUT2D eigenvalue weighted by molar-refractivity contribution is 0.0203. The first-order chi connectivity index (χ1) is 14.4. The minimum Gasteiger partial charge on any atom is -0.482 e. The molecule has 30 heavy (non-hydrogen) atoms. The minimum atomic E-state index is -0.475. The molecule has 1 N–H and O–H groups in total. The second-order valence-corrected chi connectivity index (χ2v) is 7.68. The zero-order valence-corrected chi connectivity index (χ0v) is 18.1. The summed E-state index contributed by atoms with van der Waals surface area (Å²) in [5, 5.41) is 3.35. The molecule has 0 radical (unpaired) electrons. The van der Waals surface area contributed by atoms with Crippen LogP contribution < -0.4 is 5.32 Å². The van der Waals surface area contributed by atoms with Gasteiger partial charge in [-0.15, -0.1) is 0 Å². The standard InChI is InChI=1S/C25H31FN2O2/c1-5-8-9-23-18(4)21(17-25(30-23)12-14-27-15-13-25)20-11-10-19(16-22(20)26)24(29)28(6-2)7-3/h5,8-11,16-17,27H,4,6-7,12-15H2,1-3H3/b8-5-,23-9+. The number of hydrogen-bond donors (Lipinski definition) is 1. The Morgan fingerprint density at radius 1 is 1.30 bits per heavy atom. The molecule has 1 spiro atoms. The van der Waals surface area contributed by atoms with Crippen molar-refractivity contribution in [2.75, 3.05) is 26.2 Å². The lowest BCUT2D eigenvalue weighted by Crippen LogP contribution is -2.44. The highest BCUT2D eigenvalue weighted by Crippen LogP contribution is 2.42. The summed E-state index contributed by atoms with van der Waals surface area (Å²) in [7, 11) is 0. The molecule has 160 valence electrons. The van der Waals surface area contributed by atoms with Crippen molar-refractivity contribution in [3.05, 3.63) is 77.4 Å². The summed E-state index contributed by atoms with van der Waals surface area (Å²) in [5.74, 6) is 0.0840. The number of nitrogens with zero attached hydrogens (tertiary/aromatic N) is 1. The van der Waals surface area contributed by atoms with Crippen molar-refractivity contribution in [1.29, 1.82) is 0 Å². The van der Waals surface area contributed by atoms with Crippen LogP contribution in [0.5, 0.6) is 0 Å². The molecule has 5 heteroatoms. The van der Waals surface area contributed by atoms with Crippen LogP contribution in [-0.2, 0) is 4.74 Å². The third-order valence-corrected chi connectivity index (χ3v) is 5.79. The van der Waals surface area contributed by atoms with Gasteiger partial charge in [-0.1, -0.05) is 24.8 Å². The van der Waals surface area contributed by atoms with Gasteiger partial charge in [0.25, 0.3) is 5.91 Å². The summed E-state index contributed by atoms with van der Waals surface area (Å²) in [4.78, 5) is 14.3. The van der Waals surface area contributed by atoms with Crippen molar-refractivity contribution in [3.63, 3.8) is 0 Å². The summed E-state index contributed by atoms with van der Waals surface area (Å²) < 4.78 is 21.6. The molecule has 3 rings (SSSR count). The summed E-state index contributed by atoms with van der Waals surface area (Å²) in [6, 6.07) is 4.73. The number of halogens is 1. The van der Waals surface area contributed by atoms with Crippen molar-refractivity contribution in [2.45, 2.75) is 39.2 Å². The smallest absolute Gasteiger partial charge is 0.253 e. The molecule has 0 bridgehead atoms. The van der Waals surface area contributed by atoms with Gasteiger partial charge in [-0.2, -0.15) is 0 Å². The molecule has 2 heterocycles. The summed E-state index contributed by atoms with van der Waals surface area (Å²) in [6.45, 7) is 12.8. The SMILES string of the molecule is C=C1C(c2ccc(C(=O)N(CC)CC)cc2F)=CC2(CCNCC2)O/C1=C/C=C\C. The van der Waals surface area contributed by atoms with Crippen LogP contribution in [-0.4, -0.2) is 42.6 Å². The van der Waals surface area contributed by atoms with Gasteiger partial charge >= 0.3 is 0 Å². The number of carbonyl (C=O) groups excluding carboxylic acids is 1. The van der Waals surface area contributed by atoms with Crippen molar-refractivity contribution < 1.29 is 13.9 Å². The number of nitrogens with one attached hydrogen (secondary N) is 1. The van der Waals surface area contributed by atoms with Crippen molar-refractivity contribution in [3.8, 4) is 0 Å². The van der Waals surface area contributed by atoms with Crippen molar-refractivity contribution in [2.24, 2.45) is 0 Å². The Morgan fingerprint density at radius 2 is 2.00 bits per heavy atom. The molecular formula is C25H31FN2O2. The van der Waals surface area contributed by atoms with Gasteiger partial charge in [0.15, 0.2) is 0 Å². The highest BCUT2D eigenvalue weighted by atomic mass is 19.1. The van der Waals surface area contributed by atoms with Gasteiger partial charge in [-0.25, -0.2) is 4.39 Å². The molecule has 1 amide bonds. The van der Waals surface area contributed by atoms with Crippen molar-refractivity contribution >= 4 is 11.5 Å². The van der Waals surface area contributed by atoms with E-state index in [-0.39, 0.29) is 5.91 Å². The average molecular weight is 411 g/mol. The molecule has 0 unspecified atom stereocenters. The van der Waals surface area contributed by atoms with E-state index in [9.17, 15) is 4.79 Å². The Kier molecular flexibility index (Phi) is 6.93. The number of ether oxygens (including phenoxy) is 1. The molecular weight excluding hydrogens is 379 g/mol. The fourth-order valence-electron chi connectivity index (χ4n) is 4.01. The molecule has 1 fully saturated rings. The van der Waals surface area contributed by atoms with Gasteiger partial charge in [0.1, 0.15) is 17.2 Å². The predicted octanol–water partition coefficient (Wildman–Crippen LogP) is 4.86. The molecule has 1 aromatic carbocycles. The van der Waals surface area contributed by atoms with Crippen LogP contribution in [0.3, 0.4) is 0 Å². The molecule has 1 saturated heterocycles. The van der Waals surface area contributed by atoms with Gasteiger partial charge in [-0.3, -0.25) is 4.79 Å². The van der Waals surface area contributed by atoms with E-state index >= 15 is 4.39 Å². The maximum atomic E-state index is 15.2. The minimum absolute atomic E-state index is 0.159. The average Bonchev–Trinajstić information content (AvgIpc) is 2.75. The van der Waals surface area contributed by atoms with Crippen LogP contribution in [0.1, 0.15) is 49.5 Å². The fourth-order valence-corrected chi connectivity index (χ4v) is 4.01.